The van der Waals surface area contributed by atoms with Crippen molar-refractivity contribution in [2.45, 2.75) is 17.9 Å². The first-order valence-electron chi connectivity index (χ1n) is 11.6. The Labute approximate surface area is 251 Å². The van der Waals surface area contributed by atoms with Gasteiger partial charge in [-0.25, -0.2) is 12.6 Å². The van der Waals surface area contributed by atoms with Crippen molar-refractivity contribution in [2.75, 3.05) is 46.1 Å². The molecule has 0 saturated carbocycles. The van der Waals surface area contributed by atoms with E-state index in [9.17, 15) is 34.8 Å². The predicted molar refractivity (Wildman–Crippen MR) is 148 cm³/mol. The van der Waals surface area contributed by atoms with Crippen molar-refractivity contribution in [1.29, 1.82) is 0 Å². The SMILES string of the molecule is COc1cc(S(=O)(=O)CCOS(=O)(=O)O)c(OC)cc1N=NC(C(C)=O)C(=O)Nc1cc(OC)c(OS(=O)(=O)O)cc1OC. The number of carbonyl (C=O) groups is 2. The molecule has 2 aromatic rings. The van der Waals surface area contributed by atoms with Crippen LogP contribution in [0.4, 0.5) is 11.4 Å². The maximum absolute atomic E-state index is 13.0. The van der Waals surface area contributed by atoms with Crippen LogP contribution in [0.2, 0.25) is 0 Å². The van der Waals surface area contributed by atoms with E-state index in [-0.39, 0.29) is 34.4 Å². The Hall–Kier alpha value is -4.09. The topological polar surface area (TPSA) is 269 Å². The molecule has 244 valence electrons. The standard InChI is InChI=1S/C22H27N3O16S3/c1-12(26)21(22(27)23-13-8-17(38-4)18(10-15(13)36-2)41-44(33,34)35)25-24-14-9-19(39-5)20(11-16(14)37-3)42(28,29)7-6-40-43(30,31)32/h8-11,21H,6-7H2,1-5H3,(H,23,27)(H,30,31,32)(H,33,34,35). The van der Waals surface area contributed by atoms with Gasteiger partial charge in [0.25, 0.3) is 5.91 Å². The van der Waals surface area contributed by atoms with Crippen LogP contribution in [0.3, 0.4) is 0 Å². The number of sulfone groups is 1. The summed E-state index contributed by atoms with van der Waals surface area (Å²) in [6.07, 6.45) is 0. The van der Waals surface area contributed by atoms with Crippen LogP contribution >= 0.6 is 0 Å². The van der Waals surface area contributed by atoms with Gasteiger partial charge in [-0.2, -0.15) is 27.1 Å². The number of benzene rings is 2. The summed E-state index contributed by atoms with van der Waals surface area (Å²) < 4.78 is 116. The van der Waals surface area contributed by atoms with E-state index in [4.69, 9.17) is 28.1 Å². The van der Waals surface area contributed by atoms with Gasteiger partial charge in [0.05, 0.1) is 46.5 Å². The lowest BCUT2D eigenvalue weighted by molar-refractivity contribution is -0.126. The Morgan fingerprint density at radius 3 is 1.89 bits per heavy atom. The van der Waals surface area contributed by atoms with E-state index >= 15 is 0 Å². The number of hydrogen-bond acceptors (Lipinski definition) is 16. The van der Waals surface area contributed by atoms with Crippen molar-refractivity contribution in [1.82, 2.24) is 0 Å². The number of methoxy groups -OCH3 is 4. The number of rotatable bonds is 16. The Bertz CT molecular complexity index is 1760. The van der Waals surface area contributed by atoms with Crippen LogP contribution in [0.25, 0.3) is 0 Å². The van der Waals surface area contributed by atoms with E-state index in [1.165, 1.54) is 7.11 Å². The highest BCUT2D eigenvalue weighted by Crippen LogP contribution is 2.40. The summed E-state index contributed by atoms with van der Waals surface area (Å²) in [6.45, 7) is 0.128. The molecule has 0 aliphatic rings. The summed E-state index contributed by atoms with van der Waals surface area (Å²) in [6, 6.07) is 2.33. The Balaban J connectivity index is 2.44. The van der Waals surface area contributed by atoms with E-state index in [0.717, 1.165) is 52.5 Å². The van der Waals surface area contributed by atoms with Crippen LogP contribution in [-0.2, 0) is 44.4 Å². The molecule has 0 heterocycles. The molecule has 2 aromatic carbocycles. The van der Waals surface area contributed by atoms with Crippen molar-refractivity contribution >= 4 is 53.7 Å². The largest absolute Gasteiger partial charge is 0.495 e. The fourth-order valence-electron chi connectivity index (χ4n) is 3.32. The van der Waals surface area contributed by atoms with Crippen molar-refractivity contribution in [3.05, 3.63) is 24.3 Å². The summed E-state index contributed by atoms with van der Waals surface area (Å²) >= 11 is 0. The molecule has 0 radical (unpaired) electrons. The zero-order chi connectivity index (χ0) is 33.5. The first kappa shape index (κ1) is 36.1. The zero-order valence-electron chi connectivity index (χ0n) is 23.5. The van der Waals surface area contributed by atoms with Gasteiger partial charge in [-0.05, 0) is 6.92 Å². The molecule has 44 heavy (non-hydrogen) atoms. The van der Waals surface area contributed by atoms with Gasteiger partial charge < -0.3 is 28.4 Å². The van der Waals surface area contributed by atoms with Gasteiger partial charge in [-0.15, -0.1) is 0 Å². The lowest BCUT2D eigenvalue weighted by Crippen LogP contribution is -2.32. The van der Waals surface area contributed by atoms with Gasteiger partial charge in [0.1, 0.15) is 27.8 Å². The van der Waals surface area contributed by atoms with Crippen LogP contribution < -0.4 is 28.4 Å². The summed E-state index contributed by atoms with van der Waals surface area (Å²) in [7, 11) is -9.51. The quantitative estimate of drug-likeness (QED) is 0.127. The molecule has 0 spiro atoms. The Kier molecular flexibility index (Phi) is 12.0. The highest BCUT2D eigenvalue weighted by atomic mass is 32.3. The first-order valence-corrected chi connectivity index (χ1v) is 16.0. The highest BCUT2D eigenvalue weighted by Gasteiger charge is 2.27. The zero-order valence-corrected chi connectivity index (χ0v) is 26.0. The van der Waals surface area contributed by atoms with Gasteiger partial charge in [0.15, 0.2) is 27.1 Å². The second kappa shape index (κ2) is 14.6. The molecular weight excluding hydrogens is 658 g/mol. The number of nitrogens with zero attached hydrogens (tertiary/aromatic N) is 2. The fourth-order valence-corrected chi connectivity index (χ4v) is 5.33. The lowest BCUT2D eigenvalue weighted by atomic mass is 10.2. The van der Waals surface area contributed by atoms with Gasteiger partial charge in [-0.1, -0.05) is 0 Å². The summed E-state index contributed by atoms with van der Waals surface area (Å²) in [4.78, 5) is 24.9. The molecule has 1 amide bonds. The van der Waals surface area contributed by atoms with Crippen molar-refractivity contribution in [3.63, 3.8) is 0 Å². The number of azo groups is 1. The van der Waals surface area contributed by atoms with Crippen LogP contribution in [0.15, 0.2) is 39.4 Å². The molecule has 0 aliphatic carbocycles. The molecule has 22 heteroatoms. The average molecular weight is 686 g/mol. The maximum Gasteiger partial charge on any atom is 0.446 e. The van der Waals surface area contributed by atoms with Gasteiger partial charge >= 0.3 is 20.8 Å². The third kappa shape index (κ3) is 9.99. The third-order valence-electron chi connectivity index (χ3n) is 5.24. The normalized spacial score (nSPS) is 12.8. The highest BCUT2D eigenvalue weighted by molar-refractivity contribution is 7.91. The number of amides is 1. The second-order valence-electron chi connectivity index (χ2n) is 8.18. The number of anilines is 1. The number of Topliss-reactive ketones (excluding diaryl/α,β-unsaturated/α-hetero) is 1. The van der Waals surface area contributed by atoms with Crippen molar-refractivity contribution in [3.8, 4) is 28.7 Å². The lowest BCUT2D eigenvalue weighted by Gasteiger charge is -2.16. The van der Waals surface area contributed by atoms with Crippen LogP contribution in [0.1, 0.15) is 6.92 Å². The molecule has 0 saturated heterocycles. The van der Waals surface area contributed by atoms with Gasteiger partial charge in [0.2, 0.25) is 6.04 Å². The Morgan fingerprint density at radius 2 is 1.39 bits per heavy atom. The average Bonchev–Trinajstić information content (AvgIpc) is 2.91. The third-order valence-corrected chi connectivity index (χ3v) is 7.79. The molecule has 1 atom stereocenters. The molecule has 0 aromatic heterocycles. The first-order chi connectivity index (χ1) is 20.4. The number of hydrogen-bond donors (Lipinski definition) is 3. The predicted octanol–water partition coefficient (Wildman–Crippen LogP) is 1.18. The summed E-state index contributed by atoms with van der Waals surface area (Å²) in [5.41, 5.74) is -0.298. The van der Waals surface area contributed by atoms with Gasteiger partial charge in [0, 0.05) is 24.3 Å². The molecule has 3 N–H and O–H groups in total. The molecule has 1 unspecified atom stereocenters. The molecule has 0 aliphatic heterocycles. The minimum absolute atomic E-state index is 0.120. The minimum atomic E-state index is -4.94. The molecule has 0 fully saturated rings. The number of ketones is 1. The number of carbonyl (C=O) groups excluding carboxylic acids is 2. The molecule has 0 bridgehead atoms. The van der Waals surface area contributed by atoms with Crippen LogP contribution in [0.5, 0.6) is 28.7 Å². The second-order valence-corrected chi connectivity index (χ2v) is 12.4. The minimum Gasteiger partial charge on any atom is -0.495 e. The fraction of sp³-hybridized carbons (Fsp3) is 0.364. The Morgan fingerprint density at radius 1 is 0.795 bits per heavy atom. The van der Waals surface area contributed by atoms with Crippen LogP contribution in [0, 0.1) is 0 Å². The van der Waals surface area contributed by atoms with Crippen LogP contribution in [-0.4, -0.2) is 92.9 Å². The summed E-state index contributed by atoms with van der Waals surface area (Å²) in [5, 5.41) is 9.98. The van der Waals surface area contributed by atoms with E-state index in [1.807, 2.05) is 0 Å². The van der Waals surface area contributed by atoms with E-state index in [2.05, 4.69) is 23.9 Å². The molecule has 19 nitrogen and oxygen atoms in total. The molecule has 2 rings (SSSR count). The maximum atomic E-state index is 13.0. The molecular formula is C22H27N3O16S3. The van der Waals surface area contributed by atoms with E-state index < -0.39 is 71.4 Å². The monoisotopic (exact) mass is 685 g/mol. The van der Waals surface area contributed by atoms with Crippen molar-refractivity contribution in [2.24, 2.45) is 10.2 Å². The van der Waals surface area contributed by atoms with E-state index in [0.29, 0.717) is 0 Å². The van der Waals surface area contributed by atoms with Gasteiger partial charge in [-0.3, -0.25) is 18.7 Å². The van der Waals surface area contributed by atoms with E-state index in [1.54, 1.807) is 0 Å². The number of ether oxygens (including phenoxy) is 4. The van der Waals surface area contributed by atoms with Crippen molar-refractivity contribution < 1.29 is 71.3 Å². The summed E-state index contributed by atoms with van der Waals surface area (Å²) in [5.74, 6) is -4.09. The number of nitrogens with one attached hydrogen (secondary N) is 1. The smallest absolute Gasteiger partial charge is 0.446 e.